The lowest BCUT2D eigenvalue weighted by Crippen LogP contribution is -2.22. The molecule has 2 aliphatic heterocycles. The minimum Gasteiger partial charge on any atom is -0.508 e. The molecule has 2 atom stereocenters. The highest BCUT2D eigenvalue weighted by Crippen LogP contribution is 2.52. The summed E-state index contributed by atoms with van der Waals surface area (Å²) in [5, 5.41) is 112. The summed E-state index contributed by atoms with van der Waals surface area (Å²) < 4.78 is 22.4. The monoisotopic (exact) mass is 1390 g/mol. The SMILES string of the molecule is CF.Cc1ccccc1Cc1ccc(O)c(Cc2c(O)c(Cc3cc(Cc4ccccc4C)ccc3O)c3c(c2O)C(=O)C[C@@H](c2ccccc2)O3)c1.O=C1C[C@@H](c2ccccc2)Oc2c(Cc3cc(Cc4ccccc4O)ccc3O)c(O)c(Cc3cc(Cc4ccccc4O)ccc3O)c(O)c21. The van der Waals surface area contributed by atoms with Crippen molar-refractivity contribution in [3.05, 3.63) is 353 Å². The molecule has 2 aliphatic rings. The molecule has 0 spiro atoms. The van der Waals surface area contributed by atoms with E-state index in [1.807, 2.05) is 127 Å². The van der Waals surface area contributed by atoms with Crippen LogP contribution in [0.3, 0.4) is 0 Å². The fourth-order valence-electron chi connectivity index (χ4n) is 13.8. The lowest BCUT2D eigenvalue weighted by molar-refractivity contribution is 0.0831. The maximum atomic E-state index is 13.9. The van der Waals surface area contributed by atoms with Crippen LogP contribution in [0.25, 0.3) is 0 Å². The number of benzene rings is 12. The van der Waals surface area contributed by atoms with Crippen molar-refractivity contribution < 1.29 is 74.5 Å². The number of halogens is 1. The zero-order valence-electron chi connectivity index (χ0n) is 57.6. The summed E-state index contributed by atoms with van der Waals surface area (Å²) >= 11 is 0. The predicted molar refractivity (Wildman–Crippen MR) is 398 cm³/mol. The van der Waals surface area contributed by atoms with Gasteiger partial charge in [-0.3, -0.25) is 14.0 Å². The summed E-state index contributed by atoms with van der Waals surface area (Å²) in [6.45, 7) is 4.12. The molecule has 0 saturated carbocycles. The van der Waals surface area contributed by atoms with Gasteiger partial charge in [0.2, 0.25) is 0 Å². The molecule has 0 radical (unpaired) electrons. The Kier molecular flexibility index (Phi) is 21.7. The van der Waals surface area contributed by atoms with Crippen molar-refractivity contribution >= 4 is 11.6 Å². The number of para-hydroxylation sites is 2. The first kappa shape index (κ1) is 71.3. The van der Waals surface area contributed by atoms with E-state index in [4.69, 9.17) is 9.47 Å². The highest BCUT2D eigenvalue weighted by molar-refractivity contribution is 6.05. The van der Waals surface area contributed by atoms with Crippen molar-refractivity contribution in [2.75, 3.05) is 7.18 Å². The lowest BCUT2D eigenvalue weighted by atomic mass is 9.86. The highest BCUT2D eigenvalue weighted by Gasteiger charge is 2.39. The van der Waals surface area contributed by atoms with Gasteiger partial charge in [0.25, 0.3) is 0 Å². The second-order valence-corrected chi connectivity index (χ2v) is 26.4. The summed E-state index contributed by atoms with van der Waals surface area (Å²) in [5.74, 6) is -1.74. The second kappa shape index (κ2) is 31.6. The Morgan fingerprint density at radius 2 is 0.567 bits per heavy atom. The quantitative estimate of drug-likeness (QED) is 0.0384. The normalized spacial score (nSPS) is 13.6. The molecule has 2 heterocycles. The van der Waals surface area contributed by atoms with Crippen LogP contribution < -0.4 is 9.47 Å². The van der Waals surface area contributed by atoms with Gasteiger partial charge in [0.05, 0.1) is 20.0 Å². The Morgan fingerprint density at radius 3 is 0.885 bits per heavy atom. The fraction of sp³-hybridized carbons (Fsp3) is 0.169. The molecular weight excluding hydrogens is 1310 g/mol. The smallest absolute Gasteiger partial charge is 0.174 e. The van der Waals surface area contributed by atoms with Gasteiger partial charge in [0.1, 0.15) is 92.3 Å². The van der Waals surface area contributed by atoms with E-state index in [1.54, 1.807) is 72.8 Å². The van der Waals surface area contributed by atoms with Gasteiger partial charge in [-0.1, -0.05) is 194 Å². The number of alkyl halides is 1. The molecule has 14 rings (SSSR count). The first-order valence-corrected chi connectivity index (χ1v) is 34.2. The summed E-state index contributed by atoms with van der Waals surface area (Å²) in [6.07, 6.45) is 0.491. The second-order valence-electron chi connectivity index (χ2n) is 26.4. The molecule has 15 heteroatoms. The molecule has 14 nitrogen and oxygen atoms in total. The minimum atomic E-state index is -0.675. The molecule has 104 heavy (non-hydrogen) atoms. The molecule has 0 aliphatic carbocycles. The summed E-state index contributed by atoms with van der Waals surface area (Å²) in [6, 6.07) is 69.6. The Bertz CT molecular complexity index is 4840. The van der Waals surface area contributed by atoms with Gasteiger partial charge in [-0.15, -0.1) is 0 Å². The zero-order valence-corrected chi connectivity index (χ0v) is 57.6. The maximum absolute atomic E-state index is 13.9. The van der Waals surface area contributed by atoms with Crippen LogP contribution in [0, 0.1) is 13.8 Å². The van der Waals surface area contributed by atoms with E-state index in [1.165, 1.54) is 6.07 Å². The van der Waals surface area contributed by atoms with Crippen LogP contribution in [0.5, 0.6) is 69.0 Å². The Morgan fingerprint density at radius 1 is 0.298 bits per heavy atom. The van der Waals surface area contributed by atoms with Crippen LogP contribution >= 0.6 is 0 Å². The van der Waals surface area contributed by atoms with E-state index in [-0.39, 0.29) is 147 Å². The molecule has 12 aromatic rings. The van der Waals surface area contributed by atoms with Crippen LogP contribution in [0.1, 0.15) is 157 Å². The van der Waals surface area contributed by atoms with Crippen LogP contribution in [0.4, 0.5) is 4.39 Å². The third-order valence-electron chi connectivity index (χ3n) is 19.5. The number of phenols is 10. The lowest BCUT2D eigenvalue weighted by Gasteiger charge is -2.30. The highest BCUT2D eigenvalue weighted by atomic mass is 19.1. The van der Waals surface area contributed by atoms with Gasteiger partial charge in [-0.2, -0.15) is 0 Å². The molecule has 0 unspecified atom stereocenters. The molecule has 0 saturated heterocycles. The Labute approximate surface area is 602 Å². The third-order valence-corrected chi connectivity index (χ3v) is 19.5. The number of aromatic hydroxyl groups is 10. The van der Waals surface area contributed by atoms with Crippen molar-refractivity contribution in [2.24, 2.45) is 0 Å². The minimum absolute atomic E-state index is 0.00253. The topological polar surface area (TPSA) is 255 Å². The van der Waals surface area contributed by atoms with Crippen LogP contribution in [0.15, 0.2) is 231 Å². The van der Waals surface area contributed by atoms with Crippen molar-refractivity contribution in [3.63, 3.8) is 0 Å². The number of ketones is 2. The van der Waals surface area contributed by atoms with Crippen molar-refractivity contribution in [1.82, 2.24) is 0 Å². The van der Waals surface area contributed by atoms with Crippen molar-refractivity contribution in [1.29, 1.82) is 0 Å². The largest absolute Gasteiger partial charge is 0.508 e. The van der Waals surface area contributed by atoms with Gasteiger partial charge in [0, 0.05) is 60.8 Å². The number of carbonyl (C=O) groups excluding carboxylic acids is 2. The average molecular weight is 1390 g/mol. The van der Waals surface area contributed by atoms with Crippen LogP contribution in [0.2, 0.25) is 0 Å². The summed E-state index contributed by atoms with van der Waals surface area (Å²) in [4.78, 5) is 27.8. The average Bonchev–Trinajstić information content (AvgIpc) is 0.750. The van der Waals surface area contributed by atoms with Crippen molar-refractivity contribution in [3.8, 4) is 69.0 Å². The number of hydrogen-bond acceptors (Lipinski definition) is 14. The molecule has 0 fully saturated rings. The number of Topliss-reactive ketones (excluding diaryl/α,β-unsaturated/α-hetero) is 2. The number of rotatable bonds is 18. The zero-order chi connectivity index (χ0) is 73.3. The van der Waals surface area contributed by atoms with E-state index in [0.29, 0.717) is 66.2 Å². The van der Waals surface area contributed by atoms with E-state index in [9.17, 15) is 65.0 Å². The first-order chi connectivity index (χ1) is 50.3. The summed E-state index contributed by atoms with van der Waals surface area (Å²) in [5.41, 5.74) is 13.4. The molecule has 526 valence electrons. The fourth-order valence-corrected chi connectivity index (χ4v) is 13.8. The van der Waals surface area contributed by atoms with E-state index in [0.717, 1.165) is 55.6 Å². The number of phenolic OH excluding ortho intramolecular Hbond substituents is 10. The number of hydrogen-bond donors (Lipinski definition) is 10. The number of aryl methyl sites for hydroxylation is 2. The molecule has 0 amide bonds. The number of ether oxygens (including phenoxy) is 2. The third kappa shape index (κ3) is 15.7. The van der Waals surface area contributed by atoms with Crippen LogP contribution in [-0.2, 0) is 51.4 Å². The maximum Gasteiger partial charge on any atom is 0.174 e. The Hall–Kier alpha value is -12.5. The number of carbonyl (C=O) groups is 2. The molecule has 12 aromatic carbocycles. The van der Waals surface area contributed by atoms with E-state index < -0.39 is 18.0 Å². The van der Waals surface area contributed by atoms with Gasteiger partial charge < -0.3 is 60.5 Å². The molecule has 0 bridgehead atoms. The predicted octanol–water partition coefficient (Wildman–Crippen LogP) is 17.8. The van der Waals surface area contributed by atoms with Gasteiger partial charge in [-0.05, 0) is 152 Å². The molecular formula is C89H79FO14. The standard InChI is InChI=1S/C45H40O6.C43H36O8.CH3F/c1-27-10-6-8-14-32(27)20-29-16-18-38(46)34(22-29)24-36-43(49)37(25-35-23-30(17-19-39(35)47)21-33-15-9-7-11-28(33)2)45-42(44(36)50)40(48)26-41(51-45)31-12-4-3-5-13-31;44-34-12-6-4-10-28(34)18-25-14-16-36(46)30(20-25)22-32-41(49)33(23-31-21-26(15-17-37(31)47)19-29-11-5-7-13-35(29)45)43-40(42(32)50)38(48)24-39(51-43)27-8-2-1-3-9-27;1-2/h3-19,22-23,41,46-47,49-50H,20-21,24-26H2,1-2H3;1-17,20-21,39,44-47,49-50H,18-19,22-24H2;1H3/t41-;39-;/m00./s1. The Balaban J connectivity index is 0.000000191. The molecule has 0 aromatic heterocycles. The van der Waals surface area contributed by atoms with E-state index >= 15 is 0 Å². The van der Waals surface area contributed by atoms with Gasteiger partial charge >= 0.3 is 0 Å². The van der Waals surface area contributed by atoms with Gasteiger partial charge in [-0.25, -0.2) is 0 Å². The molecule has 10 N–H and O–H groups in total. The number of fused-ring (bicyclic) bond motifs is 2. The first-order valence-electron chi connectivity index (χ1n) is 34.2. The van der Waals surface area contributed by atoms with Crippen LogP contribution in [-0.4, -0.2) is 69.8 Å². The van der Waals surface area contributed by atoms with Crippen molar-refractivity contribution in [2.45, 2.75) is 90.3 Å². The summed E-state index contributed by atoms with van der Waals surface area (Å²) in [7, 11) is 0.500. The van der Waals surface area contributed by atoms with E-state index in [2.05, 4.69) is 38.1 Å². The van der Waals surface area contributed by atoms with Gasteiger partial charge in [0.15, 0.2) is 11.6 Å².